The SMILES string of the molecule is O=C(O)C#Cc1ccc(F)c(F)c1F. The molecule has 1 aromatic carbocycles. The third kappa shape index (κ3) is 2.04. The van der Waals surface area contributed by atoms with E-state index in [1.54, 1.807) is 5.92 Å². The number of hydrogen-bond donors (Lipinski definition) is 1. The lowest BCUT2D eigenvalue weighted by molar-refractivity contribution is -0.130. The molecule has 0 heterocycles. The maximum atomic E-state index is 12.8. The van der Waals surface area contributed by atoms with Crippen LogP contribution in [0.4, 0.5) is 13.2 Å². The molecule has 0 aliphatic rings. The van der Waals surface area contributed by atoms with Crippen LogP contribution >= 0.6 is 0 Å². The average Bonchev–Trinajstić information content (AvgIpc) is 2.13. The van der Waals surface area contributed by atoms with Gasteiger partial charge in [0.2, 0.25) is 0 Å². The molecule has 0 bridgehead atoms. The molecule has 0 saturated carbocycles. The Morgan fingerprint density at radius 2 is 1.86 bits per heavy atom. The van der Waals surface area contributed by atoms with Crippen LogP contribution in [0.2, 0.25) is 0 Å². The van der Waals surface area contributed by atoms with E-state index in [0.29, 0.717) is 6.07 Å². The molecule has 0 radical (unpaired) electrons. The first kappa shape index (κ1) is 10.1. The highest BCUT2D eigenvalue weighted by Gasteiger charge is 2.11. The van der Waals surface area contributed by atoms with Gasteiger partial charge in [0.05, 0.1) is 5.56 Å². The van der Waals surface area contributed by atoms with E-state index in [9.17, 15) is 18.0 Å². The van der Waals surface area contributed by atoms with Crippen LogP contribution in [0.15, 0.2) is 12.1 Å². The van der Waals surface area contributed by atoms with Gasteiger partial charge in [-0.2, -0.15) is 0 Å². The van der Waals surface area contributed by atoms with Crippen LogP contribution < -0.4 is 0 Å². The molecule has 2 nitrogen and oxygen atoms in total. The fourth-order valence-corrected chi connectivity index (χ4v) is 0.743. The van der Waals surface area contributed by atoms with Gasteiger partial charge < -0.3 is 5.11 Å². The van der Waals surface area contributed by atoms with E-state index < -0.39 is 29.0 Å². The van der Waals surface area contributed by atoms with Crippen LogP contribution in [0.1, 0.15) is 5.56 Å². The number of halogens is 3. The van der Waals surface area contributed by atoms with E-state index in [0.717, 1.165) is 6.07 Å². The highest BCUT2D eigenvalue weighted by atomic mass is 19.2. The Morgan fingerprint density at radius 3 is 2.43 bits per heavy atom. The van der Waals surface area contributed by atoms with E-state index in [2.05, 4.69) is 0 Å². The van der Waals surface area contributed by atoms with Gasteiger partial charge in [-0.25, -0.2) is 18.0 Å². The summed E-state index contributed by atoms with van der Waals surface area (Å²) in [5.74, 6) is -2.54. The van der Waals surface area contributed by atoms with Crippen molar-refractivity contribution >= 4 is 5.97 Å². The molecule has 0 spiro atoms. The second-order valence-electron chi connectivity index (χ2n) is 2.28. The first-order valence-electron chi connectivity index (χ1n) is 3.41. The van der Waals surface area contributed by atoms with Crippen molar-refractivity contribution in [2.75, 3.05) is 0 Å². The maximum absolute atomic E-state index is 12.8. The number of rotatable bonds is 0. The summed E-state index contributed by atoms with van der Waals surface area (Å²) in [7, 11) is 0. The Bertz CT molecular complexity index is 443. The van der Waals surface area contributed by atoms with Crippen LogP contribution in [0.3, 0.4) is 0 Å². The molecule has 0 amide bonds. The van der Waals surface area contributed by atoms with Crippen molar-refractivity contribution in [2.24, 2.45) is 0 Å². The third-order valence-electron chi connectivity index (χ3n) is 1.34. The second-order valence-corrected chi connectivity index (χ2v) is 2.28. The van der Waals surface area contributed by atoms with Gasteiger partial charge in [0.15, 0.2) is 17.5 Å². The number of carboxylic acid groups (broad SMARTS) is 1. The summed E-state index contributed by atoms with van der Waals surface area (Å²) in [4.78, 5) is 9.97. The van der Waals surface area contributed by atoms with Gasteiger partial charge in [-0.15, -0.1) is 0 Å². The largest absolute Gasteiger partial charge is 0.472 e. The van der Waals surface area contributed by atoms with Crippen LogP contribution in [-0.2, 0) is 4.79 Å². The number of aliphatic carboxylic acids is 1. The third-order valence-corrected chi connectivity index (χ3v) is 1.34. The van der Waals surface area contributed by atoms with Gasteiger partial charge in [-0.05, 0) is 12.1 Å². The maximum Gasteiger partial charge on any atom is 0.382 e. The summed E-state index contributed by atoms with van der Waals surface area (Å²) in [6.45, 7) is 0. The summed E-state index contributed by atoms with van der Waals surface area (Å²) in [6, 6.07) is 1.54. The van der Waals surface area contributed by atoms with Gasteiger partial charge >= 0.3 is 5.97 Å². The zero-order chi connectivity index (χ0) is 10.7. The normalized spacial score (nSPS) is 9.07. The molecule has 1 rings (SSSR count). The molecular weight excluding hydrogens is 197 g/mol. The molecule has 0 unspecified atom stereocenters. The standard InChI is InChI=1S/C9H3F3O2/c10-6-3-1-5(2-4-7(13)14)8(11)9(6)12/h1,3H,(H,13,14). The van der Waals surface area contributed by atoms with Crippen molar-refractivity contribution in [1.82, 2.24) is 0 Å². The van der Waals surface area contributed by atoms with Crippen molar-refractivity contribution in [3.63, 3.8) is 0 Å². The minimum Gasteiger partial charge on any atom is -0.472 e. The van der Waals surface area contributed by atoms with Crippen LogP contribution in [-0.4, -0.2) is 11.1 Å². The lowest BCUT2D eigenvalue weighted by Gasteiger charge is -1.96. The Morgan fingerprint density at radius 1 is 1.21 bits per heavy atom. The highest BCUT2D eigenvalue weighted by Crippen LogP contribution is 2.13. The summed E-state index contributed by atoms with van der Waals surface area (Å²) in [5, 5.41) is 8.13. The first-order valence-corrected chi connectivity index (χ1v) is 3.41. The molecular formula is C9H3F3O2. The van der Waals surface area contributed by atoms with E-state index in [4.69, 9.17) is 5.11 Å². The Kier molecular flexibility index (Phi) is 2.77. The molecule has 1 N–H and O–H groups in total. The fourth-order valence-electron chi connectivity index (χ4n) is 0.743. The zero-order valence-corrected chi connectivity index (χ0v) is 6.64. The number of hydrogen-bond acceptors (Lipinski definition) is 1. The highest BCUT2D eigenvalue weighted by molar-refractivity contribution is 5.87. The summed E-state index contributed by atoms with van der Waals surface area (Å²) in [5.41, 5.74) is -0.494. The Hall–Kier alpha value is -1.96. The van der Waals surface area contributed by atoms with Gasteiger partial charge in [0.25, 0.3) is 0 Å². The van der Waals surface area contributed by atoms with Crippen LogP contribution in [0.25, 0.3) is 0 Å². The Balaban J connectivity index is 3.20. The molecule has 0 aromatic heterocycles. The minimum atomic E-state index is -1.66. The Labute approximate surface area is 77.0 Å². The molecule has 0 saturated heterocycles. The van der Waals surface area contributed by atoms with Gasteiger partial charge in [-0.3, -0.25) is 0 Å². The smallest absolute Gasteiger partial charge is 0.382 e. The predicted octanol–water partition coefficient (Wildman–Crippen LogP) is 1.54. The van der Waals surface area contributed by atoms with Crippen molar-refractivity contribution in [3.05, 3.63) is 35.1 Å². The monoisotopic (exact) mass is 200 g/mol. The van der Waals surface area contributed by atoms with Gasteiger partial charge in [-0.1, -0.05) is 5.92 Å². The molecule has 0 atom stereocenters. The lowest BCUT2D eigenvalue weighted by atomic mass is 10.2. The zero-order valence-electron chi connectivity index (χ0n) is 6.64. The molecule has 0 aliphatic heterocycles. The molecule has 5 heteroatoms. The van der Waals surface area contributed by atoms with Gasteiger partial charge in [0, 0.05) is 5.92 Å². The predicted molar refractivity (Wildman–Crippen MR) is 40.8 cm³/mol. The van der Waals surface area contributed by atoms with Crippen molar-refractivity contribution in [2.45, 2.75) is 0 Å². The summed E-state index contributed by atoms with van der Waals surface area (Å²) in [6.07, 6.45) is 0. The number of carbonyl (C=O) groups is 1. The van der Waals surface area contributed by atoms with E-state index in [-0.39, 0.29) is 0 Å². The molecule has 1 aromatic rings. The van der Waals surface area contributed by atoms with Crippen molar-refractivity contribution in [3.8, 4) is 11.8 Å². The molecule has 0 aliphatic carbocycles. The van der Waals surface area contributed by atoms with Crippen molar-refractivity contribution < 1.29 is 23.1 Å². The fraction of sp³-hybridized carbons (Fsp3) is 0. The quantitative estimate of drug-likeness (QED) is 0.509. The summed E-state index contributed by atoms with van der Waals surface area (Å²) < 4.78 is 37.7. The van der Waals surface area contributed by atoms with Crippen molar-refractivity contribution in [1.29, 1.82) is 0 Å². The van der Waals surface area contributed by atoms with Crippen LogP contribution in [0.5, 0.6) is 0 Å². The number of carboxylic acids is 1. The van der Waals surface area contributed by atoms with Gasteiger partial charge in [0.1, 0.15) is 0 Å². The van der Waals surface area contributed by atoms with E-state index in [1.807, 2.05) is 5.92 Å². The van der Waals surface area contributed by atoms with E-state index in [1.165, 1.54) is 0 Å². The first-order chi connectivity index (χ1) is 6.52. The summed E-state index contributed by atoms with van der Waals surface area (Å²) >= 11 is 0. The minimum absolute atomic E-state index is 0.494. The van der Waals surface area contributed by atoms with Crippen LogP contribution in [0, 0.1) is 29.3 Å². The molecule has 0 fully saturated rings. The average molecular weight is 200 g/mol. The number of benzene rings is 1. The lowest BCUT2D eigenvalue weighted by Crippen LogP contribution is -1.95. The topological polar surface area (TPSA) is 37.3 Å². The second kappa shape index (κ2) is 3.83. The molecule has 14 heavy (non-hydrogen) atoms. The molecule has 72 valence electrons. The van der Waals surface area contributed by atoms with E-state index >= 15 is 0 Å².